The number of aromatic nitrogens is 5. The second-order valence-electron chi connectivity index (χ2n) is 11.2. The van der Waals surface area contributed by atoms with Crippen molar-refractivity contribution in [2.45, 2.75) is 37.9 Å². The number of H-pyrrole nitrogens is 1. The van der Waals surface area contributed by atoms with Crippen molar-refractivity contribution in [1.29, 1.82) is 0 Å². The molecule has 1 unspecified atom stereocenters. The fourth-order valence-electron chi connectivity index (χ4n) is 5.73. The molecule has 2 N–H and O–H groups in total. The van der Waals surface area contributed by atoms with Crippen LogP contribution in [-0.4, -0.2) is 48.2 Å². The smallest absolute Gasteiger partial charge is 0.395 e. The fraction of sp³-hybridized carbons (Fsp3) is 0.219. The molecule has 5 aromatic rings. The van der Waals surface area contributed by atoms with Gasteiger partial charge in [0.15, 0.2) is 0 Å². The van der Waals surface area contributed by atoms with E-state index in [2.05, 4.69) is 10.1 Å². The van der Waals surface area contributed by atoms with Crippen LogP contribution in [0.3, 0.4) is 0 Å². The summed E-state index contributed by atoms with van der Waals surface area (Å²) in [6.45, 7) is 2.97. The Balaban J connectivity index is 1.50. The van der Waals surface area contributed by atoms with E-state index in [9.17, 15) is 36.3 Å². The largest absolute Gasteiger partial charge is 0.504 e. The lowest BCUT2D eigenvalue weighted by molar-refractivity contribution is -0.212. The number of nitrogens with zero attached hydrogens (tertiary/aromatic N) is 4. The average Bonchev–Trinajstić information content (AvgIpc) is 3.67. The number of fused-ring (bicyclic) bond motifs is 1. The predicted molar refractivity (Wildman–Crippen MR) is 167 cm³/mol. The molecule has 238 valence electrons. The van der Waals surface area contributed by atoms with Crippen LogP contribution < -0.4 is 11.1 Å². The van der Waals surface area contributed by atoms with Gasteiger partial charge < -0.3 is 14.7 Å². The molecule has 1 atom stereocenters. The molecule has 1 aliphatic carbocycles. The normalized spacial score (nSPS) is 17.3. The van der Waals surface area contributed by atoms with E-state index in [-0.39, 0.29) is 52.0 Å². The van der Waals surface area contributed by atoms with Crippen molar-refractivity contribution in [2.75, 3.05) is 6.61 Å². The van der Waals surface area contributed by atoms with Crippen LogP contribution in [0.4, 0.5) is 13.2 Å². The molecule has 0 saturated carbocycles. The number of alkyl halides is 3. The third-order valence-corrected chi connectivity index (χ3v) is 10.9. The van der Waals surface area contributed by atoms with E-state index >= 15 is 0 Å². The lowest BCUT2D eigenvalue weighted by Gasteiger charge is -2.34. The molecule has 14 heteroatoms. The molecular formula is C32H28F3N5O5S. The quantitative estimate of drug-likeness (QED) is 0.259. The first-order valence-electron chi connectivity index (χ1n) is 14.2. The van der Waals surface area contributed by atoms with Gasteiger partial charge in [-0.2, -0.15) is 9.78 Å². The highest BCUT2D eigenvalue weighted by Gasteiger charge is 2.45. The summed E-state index contributed by atoms with van der Waals surface area (Å²) in [7, 11) is -4.54. The van der Waals surface area contributed by atoms with Gasteiger partial charge in [0.2, 0.25) is 10.0 Å². The van der Waals surface area contributed by atoms with E-state index in [4.69, 9.17) is 0 Å². The minimum absolute atomic E-state index is 0.0768. The van der Waals surface area contributed by atoms with E-state index in [1.165, 1.54) is 35.9 Å². The topological polar surface area (TPSA) is 132 Å². The Bertz CT molecular complexity index is 2280. The summed E-state index contributed by atoms with van der Waals surface area (Å²) in [4.78, 5) is 28.5. The summed E-state index contributed by atoms with van der Waals surface area (Å²) in [6, 6.07) is 13.6. The van der Waals surface area contributed by atoms with Crippen LogP contribution in [0.5, 0.6) is 0 Å². The number of nitrogens with one attached hydrogen (secondary N) is 1. The molecule has 0 bridgehead atoms. The maximum Gasteiger partial charge on any atom is 0.504 e. The molecule has 4 heterocycles. The molecule has 0 spiro atoms. The highest BCUT2D eigenvalue weighted by Crippen LogP contribution is 2.43. The summed E-state index contributed by atoms with van der Waals surface area (Å²) in [5.74, 6) is 0. The van der Waals surface area contributed by atoms with Crippen LogP contribution in [-0.2, 0) is 22.9 Å². The molecule has 0 aliphatic heterocycles. The van der Waals surface area contributed by atoms with Crippen LogP contribution in [0.25, 0.3) is 38.9 Å². The standard InChI is InChI=1S/C32H28F3N5O5S/c1-20-14-22(25-16-28(42)38(12-13-41)19-26(25)21-6-4-3-5-7-21)8-10-31(20,2)46(44,45)40-27(15-23-9-11-36-30(43)29(23)40)24-17-37-39(18-24)32(33,34)35/h3-9,11,14-19,41H,10,12-13H2,1-2H3,(H,36,43). The molecule has 0 fully saturated rings. The molecule has 6 rings (SSSR count). The van der Waals surface area contributed by atoms with Gasteiger partial charge in [0.25, 0.3) is 11.1 Å². The monoisotopic (exact) mass is 651 g/mol. The van der Waals surface area contributed by atoms with Crippen LogP contribution in [0.1, 0.15) is 25.8 Å². The van der Waals surface area contributed by atoms with E-state index in [0.717, 1.165) is 15.7 Å². The number of pyridine rings is 2. The van der Waals surface area contributed by atoms with Crippen LogP contribution in [0.2, 0.25) is 0 Å². The minimum Gasteiger partial charge on any atom is -0.395 e. The lowest BCUT2D eigenvalue weighted by atomic mass is 9.85. The first-order valence-corrected chi connectivity index (χ1v) is 15.6. The third kappa shape index (κ3) is 5.03. The van der Waals surface area contributed by atoms with Crippen molar-refractivity contribution in [1.82, 2.24) is 23.3 Å². The lowest BCUT2D eigenvalue weighted by Crippen LogP contribution is -2.42. The number of benzene rings is 1. The zero-order valence-electron chi connectivity index (χ0n) is 24.6. The third-order valence-electron chi connectivity index (χ3n) is 8.41. The van der Waals surface area contributed by atoms with Crippen LogP contribution in [0, 0.1) is 0 Å². The summed E-state index contributed by atoms with van der Waals surface area (Å²) in [5, 5.41) is 13.0. The zero-order valence-corrected chi connectivity index (χ0v) is 25.4. The average molecular weight is 652 g/mol. The van der Waals surface area contributed by atoms with E-state index in [1.54, 1.807) is 25.3 Å². The predicted octanol–water partition coefficient (Wildman–Crippen LogP) is 4.86. The second-order valence-corrected chi connectivity index (χ2v) is 13.4. The van der Waals surface area contributed by atoms with Crippen molar-refractivity contribution in [2.24, 2.45) is 0 Å². The number of aliphatic hydroxyl groups excluding tert-OH is 1. The molecule has 0 radical (unpaired) electrons. The number of hydrogen-bond donors (Lipinski definition) is 2. The number of allylic oxidation sites excluding steroid dienone is 3. The molecule has 46 heavy (non-hydrogen) atoms. The fourth-order valence-corrected chi connectivity index (χ4v) is 7.74. The van der Waals surface area contributed by atoms with Gasteiger partial charge in [-0.15, -0.1) is 13.2 Å². The van der Waals surface area contributed by atoms with Gasteiger partial charge in [-0.3, -0.25) is 9.59 Å². The highest BCUT2D eigenvalue weighted by atomic mass is 32.2. The molecule has 1 aromatic carbocycles. The maximum absolute atomic E-state index is 14.7. The number of aliphatic hydroxyl groups is 1. The SMILES string of the molecule is CC1=CC(c2cc(=O)n(CCO)cc2-c2ccccc2)=CCC1(C)S(=O)(=O)n1c(-c2cnn(C(F)(F)F)c2)cc2cc[nH]c(=O)c21. The number of hydrogen-bond acceptors (Lipinski definition) is 6. The second kappa shape index (κ2) is 11.1. The van der Waals surface area contributed by atoms with Gasteiger partial charge in [0, 0.05) is 47.7 Å². The van der Waals surface area contributed by atoms with Gasteiger partial charge in [-0.25, -0.2) is 12.4 Å². The highest BCUT2D eigenvalue weighted by molar-refractivity contribution is 7.91. The summed E-state index contributed by atoms with van der Waals surface area (Å²) in [5.41, 5.74) is 1.43. The van der Waals surface area contributed by atoms with Gasteiger partial charge >= 0.3 is 6.30 Å². The van der Waals surface area contributed by atoms with Crippen molar-refractivity contribution < 1.29 is 26.7 Å². The molecule has 10 nitrogen and oxygen atoms in total. The Morgan fingerprint density at radius 3 is 2.43 bits per heavy atom. The Hall–Kier alpha value is -4.95. The van der Waals surface area contributed by atoms with Crippen molar-refractivity contribution in [3.63, 3.8) is 0 Å². The summed E-state index contributed by atoms with van der Waals surface area (Å²) >= 11 is 0. The first kappa shape index (κ1) is 31.0. The molecular weight excluding hydrogens is 623 g/mol. The van der Waals surface area contributed by atoms with Crippen LogP contribution in [0.15, 0.2) is 101 Å². The van der Waals surface area contributed by atoms with Crippen molar-refractivity contribution in [3.05, 3.63) is 117 Å². The maximum atomic E-state index is 14.7. The molecule has 0 amide bonds. The summed E-state index contributed by atoms with van der Waals surface area (Å²) in [6.07, 6.45) is 2.99. The Labute approximate surface area is 260 Å². The zero-order chi connectivity index (χ0) is 33.0. The summed E-state index contributed by atoms with van der Waals surface area (Å²) < 4.78 is 69.8. The van der Waals surface area contributed by atoms with E-state index in [0.29, 0.717) is 28.5 Å². The van der Waals surface area contributed by atoms with Gasteiger partial charge in [0.1, 0.15) is 10.3 Å². The van der Waals surface area contributed by atoms with E-state index < -0.39 is 26.6 Å². The first-order chi connectivity index (χ1) is 21.8. The Morgan fingerprint density at radius 2 is 1.78 bits per heavy atom. The van der Waals surface area contributed by atoms with Gasteiger partial charge in [-0.05, 0) is 54.7 Å². The minimum atomic E-state index is -4.83. The number of aromatic amines is 1. The van der Waals surface area contributed by atoms with Crippen molar-refractivity contribution >= 4 is 26.5 Å². The molecule has 4 aromatic heterocycles. The van der Waals surface area contributed by atoms with Crippen LogP contribution >= 0.6 is 0 Å². The number of halogens is 3. The van der Waals surface area contributed by atoms with Gasteiger partial charge in [-0.1, -0.05) is 42.5 Å². The van der Waals surface area contributed by atoms with Crippen molar-refractivity contribution in [3.8, 4) is 22.4 Å². The number of rotatable bonds is 7. The van der Waals surface area contributed by atoms with E-state index in [1.807, 2.05) is 30.3 Å². The Kier molecular flexibility index (Phi) is 7.52. The van der Waals surface area contributed by atoms with Gasteiger partial charge in [0.05, 0.1) is 18.5 Å². The molecule has 0 saturated heterocycles. The Morgan fingerprint density at radius 1 is 1.04 bits per heavy atom. The molecule has 1 aliphatic rings.